The number of nitrogen functional groups attached to an aromatic ring is 1. The average molecular weight is 386 g/mol. The van der Waals surface area contributed by atoms with E-state index in [1.807, 2.05) is 30.3 Å². The number of anilines is 2. The smallest absolute Gasteiger partial charge is 0.150 e. The van der Waals surface area contributed by atoms with E-state index in [0.29, 0.717) is 22.8 Å². The van der Waals surface area contributed by atoms with Gasteiger partial charge in [0.1, 0.15) is 13.7 Å². The van der Waals surface area contributed by atoms with Crippen LogP contribution in [0.4, 0.5) is 11.5 Å². The van der Waals surface area contributed by atoms with Crippen LogP contribution in [0.5, 0.6) is 0 Å². The summed E-state index contributed by atoms with van der Waals surface area (Å²) < 4.78 is 1.81. The Hall–Kier alpha value is -2.54. The summed E-state index contributed by atoms with van der Waals surface area (Å²) in [6, 6.07) is 11.1. The summed E-state index contributed by atoms with van der Waals surface area (Å²) in [5.41, 5.74) is 9.87. The number of nitrogens with two attached hydrogens (primary N) is 1. The highest BCUT2D eigenvalue weighted by molar-refractivity contribution is 6.36. The third-order valence-corrected chi connectivity index (χ3v) is 6.46. The number of hydrogen-bond donors (Lipinski definition) is 2. The van der Waals surface area contributed by atoms with Crippen LogP contribution < -0.4 is 16.5 Å². The Morgan fingerprint density at radius 2 is 1.83 bits per heavy atom. The molecule has 3 N–H and O–H groups in total. The quantitative estimate of drug-likeness (QED) is 0.533. The van der Waals surface area contributed by atoms with Gasteiger partial charge in [-0.25, -0.2) is 4.98 Å². The van der Waals surface area contributed by atoms with Gasteiger partial charge in [0.25, 0.3) is 0 Å². The molecule has 1 saturated carbocycles. The van der Waals surface area contributed by atoms with Crippen molar-refractivity contribution in [1.82, 2.24) is 19.5 Å². The van der Waals surface area contributed by atoms with E-state index in [-0.39, 0.29) is 0 Å². The van der Waals surface area contributed by atoms with Crippen molar-refractivity contribution >= 4 is 30.5 Å². The predicted molar refractivity (Wildman–Crippen MR) is 119 cm³/mol. The summed E-state index contributed by atoms with van der Waals surface area (Å²) in [6.07, 6.45) is 9.47. The fourth-order valence-electron chi connectivity index (χ4n) is 4.84. The maximum Gasteiger partial charge on any atom is 0.150 e. The summed E-state index contributed by atoms with van der Waals surface area (Å²) in [7, 11) is 6.14. The van der Waals surface area contributed by atoms with Gasteiger partial charge in [0, 0.05) is 48.7 Å². The van der Waals surface area contributed by atoms with Gasteiger partial charge >= 0.3 is 0 Å². The highest BCUT2D eigenvalue weighted by Crippen LogP contribution is 2.29. The van der Waals surface area contributed by atoms with Crippen LogP contribution in [0.1, 0.15) is 38.5 Å². The fraction of sp³-hybridized carbons (Fsp3) is 0.455. The summed E-state index contributed by atoms with van der Waals surface area (Å²) in [4.78, 5) is 7.42. The van der Waals surface area contributed by atoms with E-state index in [9.17, 15) is 0 Å². The minimum Gasteiger partial charge on any atom is -0.398 e. The Kier molecular flexibility index (Phi) is 4.92. The third kappa shape index (κ3) is 3.59. The lowest BCUT2D eigenvalue weighted by molar-refractivity contribution is 0.159. The molecule has 0 atom stereocenters. The number of nitrogens with zero attached hydrogens (tertiary/aromatic N) is 4. The van der Waals surface area contributed by atoms with Gasteiger partial charge in [0.2, 0.25) is 0 Å². The first-order valence-corrected chi connectivity index (χ1v) is 10.7. The molecule has 6 nitrogen and oxygen atoms in total. The van der Waals surface area contributed by atoms with E-state index in [1.165, 1.54) is 25.7 Å². The van der Waals surface area contributed by atoms with Crippen LogP contribution in [0.2, 0.25) is 0 Å². The van der Waals surface area contributed by atoms with Gasteiger partial charge in [-0.05, 0) is 37.2 Å². The lowest BCUT2D eigenvalue weighted by atomic mass is 10.0. The number of nitrogens with one attached hydrogen (secondary N) is 1. The molecule has 2 aromatic heterocycles. The molecule has 0 unspecified atom stereocenters. The van der Waals surface area contributed by atoms with E-state index in [1.54, 1.807) is 10.7 Å². The molecule has 2 radical (unpaired) electrons. The molecule has 0 amide bonds. The fourth-order valence-corrected chi connectivity index (χ4v) is 4.84. The number of fused-ring (bicyclic) bond motifs is 1. The van der Waals surface area contributed by atoms with Crippen molar-refractivity contribution in [3.05, 3.63) is 36.5 Å². The van der Waals surface area contributed by atoms with Gasteiger partial charge in [0.15, 0.2) is 5.65 Å². The van der Waals surface area contributed by atoms with Gasteiger partial charge in [-0.3, -0.25) is 0 Å². The molecule has 1 aliphatic heterocycles. The monoisotopic (exact) mass is 386 g/mol. The second-order valence-electron chi connectivity index (χ2n) is 8.34. The van der Waals surface area contributed by atoms with Crippen LogP contribution in [0.3, 0.4) is 0 Å². The summed E-state index contributed by atoms with van der Waals surface area (Å²) in [6.45, 7) is 2.33. The van der Waals surface area contributed by atoms with Crippen molar-refractivity contribution in [2.75, 3.05) is 24.1 Å². The van der Waals surface area contributed by atoms with Gasteiger partial charge in [-0.2, -0.15) is 9.61 Å². The molecule has 1 aromatic carbocycles. The molecule has 29 heavy (non-hydrogen) atoms. The largest absolute Gasteiger partial charge is 0.398 e. The Morgan fingerprint density at radius 3 is 2.59 bits per heavy atom. The van der Waals surface area contributed by atoms with Gasteiger partial charge in [0.05, 0.1) is 5.69 Å². The first kappa shape index (κ1) is 18.5. The first-order valence-electron chi connectivity index (χ1n) is 10.7. The van der Waals surface area contributed by atoms with Crippen molar-refractivity contribution in [1.29, 1.82) is 0 Å². The van der Waals surface area contributed by atoms with Gasteiger partial charge in [-0.1, -0.05) is 31.0 Å². The molecule has 1 saturated heterocycles. The second kappa shape index (κ2) is 7.71. The second-order valence-corrected chi connectivity index (χ2v) is 8.34. The van der Waals surface area contributed by atoms with Crippen LogP contribution in [0.25, 0.3) is 16.9 Å². The summed E-state index contributed by atoms with van der Waals surface area (Å²) in [5, 5.41) is 8.16. The maximum atomic E-state index is 6.20. The molecule has 2 aliphatic rings. The molecule has 5 rings (SSSR count). The molecule has 3 heterocycles. The standard InChI is InChI=1S/C22H27BN6/c23-18-14-25-29-21(13-20(27-22(18)29)17-7-3-4-8-19(17)24)26-15-9-11-28(12-10-15)16-5-1-2-6-16/h3-4,7-8,13-16,26H,1-2,5-6,9-12,24H2. The zero-order chi connectivity index (χ0) is 19.8. The Morgan fingerprint density at radius 1 is 1.07 bits per heavy atom. The maximum absolute atomic E-state index is 6.20. The van der Waals surface area contributed by atoms with Gasteiger partial charge < -0.3 is 16.0 Å². The van der Waals surface area contributed by atoms with E-state index < -0.39 is 0 Å². The third-order valence-electron chi connectivity index (χ3n) is 6.46. The molecular formula is C22H27BN6. The normalized spacial score (nSPS) is 19.2. The topological polar surface area (TPSA) is 71.5 Å². The van der Waals surface area contributed by atoms with Crippen LogP contribution in [-0.4, -0.2) is 52.5 Å². The average Bonchev–Trinajstić information content (AvgIpc) is 3.40. The molecule has 7 heteroatoms. The van der Waals surface area contributed by atoms with E-state index >= 15 is 0 Å². The molecule has 148 valence electrons. The van der Waals surface area contributed by atoms with Gasteiger partial charge in [-0.15, -0.1) is 0 Å². The van der Waals surface area contributed by atoms with Crippen LogP contribution in [0.15, 0.2) is 36.5 Å². The number of para-hydroxylation sites is 1. The molecule has 0 spiro atoms. The predicted octanol–water partition coefficient (Wildman–Crippen LogP) is 2.59. The Bertz CT molecular complexity index is 1000. The molecule has 1 aliphatic carbocycles. The lowest BCUT2D eigenvalue weighted by Crippen LogP contribution is -2.43. The zero-order valence-electron chi connectivity index (χ0n) is 16.7. The number of aromatic nitrogens is 3. The first-order chi connectivity index (χ1) is 14.2. The molecular weight excluding hydrogens is 359 g/mol. The molecule has 3 aromatic rings. The van der Waals surface area contributed by atoms with Crippen molar-refractivity contribution in [3.63, 3.8) is 0 Å². The van der Waals surface area contributed by atoms with Crippen molar-refractivity contribution in [3.8, 4) is 11.3 Å². The minimum atomic E-state index is 0.421. The van der Waals surface area contributed by atoms with Crippen molar-refractivity contribution in [2.45, 2.75) is 50.6 Å². The highest BCUT2D eigenvalue weighted by Gasteiger charge is 2.27. The number of rotatable bonds is 4. The highest BCUT2D eigenvalue weighted by atomic mass is 15.3. The van der Waals surface area contributed by atoms with E-state index in [2.05, 4.69) is 15.3 Å². The van der Waals surface area contributed by atoms with Crippen molar-refractivity contribution in [2.24, 2.45) is 0 Å². The van der Waals surface area contributed by atoms with E-state index in [4.69, 9.17) is 18.6 Å². The van der Waals surface area contributed by atoms with Crippen LogP contribution in [-0.2, 0) is 0 Å². The zero-order valence-corrected chi connectivity index (χ0v) is 16.7. The number of likely N-dealkylation sites (tertiary alicyclic amines) is 1. The number of piperidine rings is 1. The van der Waals surface area contributed by atoms with Crippen LogP contribution >= 0.6 is 0 Å². The minimum absolute atomic E-state index is 0.421. The Balaban J connectivity index is 1.40. The lowest BCUT2D eigenvalue weighted by Gasteiger charge is -2.36. The SMILES string of the molecule is [B]c1cnn2c(NC3CCN(C4CCCC4)CC3)cc(-c3ccccc3N)nc12. The summed E-state index contributed by atoms with van der Waals surface area (Å²) >= 11 is 0. The van der Waals surface area contributed by atoms with E-state index in [0.717, 1.165) is 49.0 Å². The molecule has 0 bridgehead atoms. The summed E-state index contributed by atoms with van der Waals surface area (Å²) in [5.74, 6) is 0.921. The number of hydrogen-bond acceptors (Lipinski definition) is 5. The number of benzene rings is 1. The Labute approximate surface area is 172 Å². The molecule has 2 fully saturated rings. The van der Waals surface area contributed by atoms with Crippen LogP contribution in [0, 0.1) is 0 Å². The van der Waals surface area contributed by atoms with Crippen molar-refractivity contribution < 1.29 is 0 Å².